The molecule has 0 spiro atoms. The summed E-state index contributed by atoms with van der Waals surface area (Å²) in [6.07, 6.45) is 2.49. The van der Waals surface area contributed by atoms with Gasteiger partial charge in [0, 0.05) is 24.7 Å². The average molecular weight is 447 g/mol. The molecule has 2 aromatic carbocycles. The number of carbonyl (C=O) groups is 4. The highest BCUT2D eigenvalue weighted by molar-refractivity contribution is 6.22. The number of carbonyl (C=O) groups excluding carboxylic acids is 4. The summed E-state index contributed by atoms with van der Waals surface area (Å²) in [4.78, 5) is 54.0. The lowest BCUT2D eigenvalue weighted by Gasteiger charge is -2.25. The summed E-state index contributed by atoms with van der Waals surface area (Å²) in [5.74, 6) is -1.37. The highest BCUT2D eigenvalue weighted by Crippen LogP contribution is 2.42. The van der Waals surface area contributed by atoms with Crippen LogP contribution in [0.15, 0.2) is 54.6 Å². The number of ether oxygens (including phenoxy) is 1. The molecule has 1 saturated carbocycles. The van der Waals surface area contributed by atoms with Crippen molar-refractivity contribution in [2.45, 2.75) is 32.6 Å². The van der Waals surface area contributed by atoms with Crippen molar-refractivity contribution >= 4 is 35.1 Å². The molecule has 2 aliphatic heterocycles. The number of anilines is 2. The maximum absolute atomic E-state index is 13.0. The minimum absolute atomic E-state index is 0.0814. The number of para-hydroxylation sites is 1. The third-order valence-corrected chi connectivity index (χ3v) is 7.01. The molecule has 0 N–H and O–H groups in total. The SMILES string of the molecule is C[C@H]1CC[C@H]2C(=O)N(c3cccc(OC(=O)[C@@H]4CC(=O)N(c5ccccc5)C4)c3)C(=O)[C@@H]2C1. The number of rotatable bonds is 4. The molecule has 2 aromatic rings. The van der Waals surface area contributed by atoms with E-state index in [1.807, 2.05) is 30.3 Å². The average Bonchev–Trinajstić information content (AvgIpc) is 3.32. The summed E-state index contributed by atoms with van der Waals surface area (Å²) in [6.45, 7) is 2.37. The molecule has 7 heteroatoms. The lowest BCUT2D eigenvalue weighted by Crippen LogP contribution is -2.31. The summed E-state index contributed by atoms with van der Waals surface area (Å²) in [5.41, 5.74) is 1.17. The number of fused-ring (bicyclic) bond motifs is 1. The van der Waals surface area contributed by atoms with Gasteiger partial charge in [-0.25, -0.2) is 4.90 Å². The number of amides is 3. The summed E-state index contributed by atoms with van der Waals surface area (Å²) >= 11 is 0. The van der Waals surface area contributed by atoms with Gasteiger partial charge < -0.3 is 9.64 Å². The fourth-order valence-electron chi connectivity index (χ4n) is 5.25. The Hall–Kier alpha value is -3.48. The fraction of sp³-hybridized carbons (Fsp3) is 0.385. The van der Waals surface area contributed by atoms with Gasteiger partial charge >= 0.3 is 5.97 Å². The minimum atomic E-state index is -0.583. The molecule has 0 unspecified atom stereocenters. The standard InChI is InChI=1S/C26H26N2O5/c1-16-10-11-21-22(12-16)25(31)28(24(21)30)19-8-5-9-20(14-19)33-26(32)17-13-23(29)27(15-17)18-6-3-2-4-7-18/h2-9,14,16-17,21-22H,10-13,15H2,1H3/t16-,17+,21+,22+/m0/s1. The van der Waals surface area contributed by atoms with Gasteiger partial charge in [-0.15, -0.1) is 0 Å². The molecule has 3 amide bonds. The number of hydrogen-bond acceptors (Lipinski definition) is 5. The van der Waals surface area contributed by atoms with Crippen LogP contribution >= 0.6 is 0 Å². The van der Waals surface area contributed by atoms with E-state index in [2.05, 4.69) is 6.92 Å². The van der Waals surface area contributed by atoms with Crippen LogP contribution in [0.3, 0.4) is 0 Å². The lowest BCUT2D eigenvalue weighted by atomic mass is 9.76. The summed E-state index contributed by atoms with van der Waals surface area (Å²) in [6, 6.07) is 15.7. The first-order valence-corrected chi connectivity index (χ1v) is 11.5. The molecule has 7 nitrogen and oxygen atoms in total. The number of hydrogen-bond donors (Lipinski definition) is 0. The van der Waals surface area contributed by atoms with Crippen LogP contribution in [0.4, 0.5) is 11.4 Å². The van der Waals surface area contributed by atoms with Gasteiger partial charge in [-0.2, -0.15) is 0 Å². The van der Waals surface area contributed by atoms with E-state index < -0.39 is 11.9 Å². The third-order valence-electron chi connectivity index (χ3n) is 7.01. The minimum Gasteiger partial charge on any atom is -0.426 e. The van der Waals surface area contributed by atoms with E-state index in [0.29, 0.717) is 11.6 Å². The Kier molecular flexibility index (Phi) is 5.48. The Morgan fingerprint density at radius 1 is 0.909 bits per heavy atom. The molecular formula is C26H26N2O5. The van der Waals surface area contributed by atoms with Crippen molar-refractivity contribution in [2.24, 2.45) is 23.7 Å². The van der Waals surface area contributed by atoms with E-state index in [1.165, 1.54) is 4.90 Å². The predicted octanol–water partition coefficient (Wildman–Crippen LogP) is 3.57. The Balaban J connectivity index is 1.29. The quantitative estimate of drug-likeness (QED) is 0.407. The molecule has 0 radical (unpaired) electrons. The zero-order chi connectivity index (χ0) is 23.1. The van der Waals surface area contributed by atoms with Crippen molar-refractivity contribution in [3.63, 3.8) is 0 Å². The molecular weight excluding hydrogens is 420 g/mol. The molecule has 1 aliphatic carbocycles. The van der Waals surface area contributed by atoms with Crippen molar-refractivity contribution in [1.82, 2.24) is 0 Å². The molecule has 2 heterocycles. The van der Waals surface area contributed by atoms with E-state index in [0.717, 1.165) is 24.9 Å². The van der Waals surface area contributed by atoms with Gasteiger partial charge in [0.05, 0.1) is 23.4 Å². The lowest BCUT2D eigenvalue weighted by molar-refractivity contribution is -0.139. The van der Waals surface area contributed by atoms with Crippen LogP contribution in [0.1, 0.15) is 32.6 Å². The van der Waals surface area contributed by atoms with Crippen LogP contribution in [0, 0.1) is 23.7 Å². The van der Waals surface area contributed by atoms with Crippen molar-refractivity contribution in [3.8, 4) is 5.75 Å². The number of benzene rings is 2. The first-order valence-electron chi connectivity index (χ1n) is 11.5. The molecule has 3 aliphatic rings. The van der Waals surface area contributed by atoms with E-state index in [-0.39, 0.29) is 48.3 Å². The molecule has 3 fully saturated rings. The van der Waals surface area contributed by atoms with E-state index >= 15 is 0 Å². The topological polar surface area (TPSA) is 84.0 Å². The number of nitrogens with zero attached hydrogens (tertiary/aromatic N) is 2. The predicted molar refractivity (Wildman–Crippen MR) is 121 cm³/mol. The first-order chi connectivity index (χ1) is 15.9. The smallest absolute Gasteiger partial charge is 0.316 e. The van der Waals surface area contributed by atoms with Crippen LogP contribution in [-0.2, 0) is 19.2 Å². The van der Waals surface area contributed by atoms with Gasteiger partial charge in [0.1, 0.15) is 5.75 Å². The molecule has 33 heavy (non-hydrogen) atoms. The molecule has 0 aromatic heterocycles. The zero-order valence-corrected chi connectivity index (χ0v) is 18.5. The van der Waals surface area contributed by atoms with Gasteiger partial charge in [0.2, 0.25) is 17.7 Å². The van der Waals surface area contributed by atoms with Crippen LogP contribution < -0.4 is 14.5 Å². The number of esters is 1. The fourth-order valence-corrected chi connectivity index (χ4v) is 5.25. The maximum atomic E-state index is 13.0. The van der Waals surface area contributed by atoms with Crippen molar-refractivity contribution < 1.29 is 23.9 Å². The van der Waals surface area contributed by atoms with E-state index in [9.17, 15) is 19.2 Å². The summed E-state index contributed by atoms with van der Waals surface area (Å²) in [5, 5.41) is 0. The largest absolute Gasteiger partial charge is 0.426 e. The van der Waals surface area contributed by atoms with Crippen molar-refractivity contribution in [2.75, 3.05) is 16.3 Å². The van der Waals surface area contributed by atoms with Gasteiger partial charge in [-0.05, 0) is 49.4 Å². The van der Waals surface area contributed by atoms with Gasteiger partial charge in [0.15, 0.2) is 0 Å². The summed E-state index contributed by atoms with van der Waals surface area (Å²) < 4.78 is 5.57. The Morgan fingerprint density at radius 3 is 2.42 bits per heavy atom. The van der Waals surface area contributed by atoms with Crippen LogP contribution in [0.5, 0.6) is 5.75 Å². The molecule has 2 saturated heterocycles. The molecule has 170 valence electrons. The van der Waals surface area contributed by atoms with Crippen LogP contribution in [-0.4, -0.2) is 30.2 Å². The van der Waals surface area contributed by atoms with Crippen LogP contribution in [0.25, 0.3) is 0 Å². The second kappa shape index (κ2) is 8.46. The highest BCUT2D eigenvalue weighted by Gasteiger charge is 2.50. The van der Waals surface area contributed by atoms with Gasteiger partial charge in [-0.1, -0.05) is 31.2 Å². The van der Waals surface area contributed by atoms with Crippen LogP contribution in [0.2, 0.25) is 0 Å². The monoisotopic (exact) mass is 446 g/mol. The second-order valence-electron chi connectivity index (χ2n) is 9.30. The summed E-state index contributed by atoms with van der Waals surface area (Å²) in [7, 11) is 0. The Morgan fingerprint density at radius 2 is 1.64 bits per heavy atom. The normalized spacial score (nSPS) is 27.1. The van der Waals surface area contributed by atoms with E-state index in [1.54, 1.807) is 29.2 Å². The molecule has 5 rings (SSSR count). The zero-order valence-electron chi connectivity index (χ0n) is 18.5. The van der Waals surface area contributed by atoms with Gasteiger partial charge in [0.25, 0.3) is 0 Å². The third kappa shape index (κ3) is 3.92. The Labute approximate surface area is 192 Å². The molecule has 0 bridgehead atoms. The van der Waals surface area contributed by atoms with Crippen molar-refractivity contribution in [3.05, 3.63) is 54.6 Å². The highest BCUT2D eigenvalue weighted by atomic mass is 16.5. The van der Waals surface area contributed by atoms with Crippen molar-refractivity contribution in [1.29, 1.82) is 0 Å². The molecule has 4 atom stereocenters. The first kappa shape index (κ1) is 21.4. The number of imide groups is 1. The van der Waals surface area contributed by atoms with E-state index in [4.69, 9.17) is 4.74 Å². The maximum Gasteiger partial charge on any atom is 0.316 e. The van der Waals surface area contributed by atoms with Gasteiger partial charge in [-0.3, -0.25) is 19.2 Å². The second-order valence-corrected chi connectivity index (χ2v) is 9.30. The Bertz CT molecular complexity index is 1110.